The molecule has 1 aromatic carbocycles. The van der Waals surface area contributed by atoms with Crippen molar-refractivity contribution >= 4 is 17.7 Å². The van der Waals surface area contributed by atoms with Gasteiger partial charge in [0.2, 0.25) is 0 Å². The third kappa shape index (κ3) is 5.90. The first-order valence-electron chi connectivity index (χ1n) is 7.08. The molecule has 0 aliphatic carbocycles. The van der Waals surface area contributed by atoms with E-state index in [0.717, 1.165) is 6.08 Å². The van der Waals surface area contributed by atoms with Gasteiger partial charge in [-0.25, -0.2) is 14.0 Å². The molecule has 0 bridgehead atoms. The summed E-state index contributed by atoms with van der Waals surface area (Å²) in [7, 11) is 0. The molecule has 0 atom stereocenters. The zero-order chi connectivity index (χ0) is 17.2. The van der Waals surface area contributed by atoms with E-state index >= 15 is 0 Å². The van der Waals surface area contributed by atoms with E-state index in [2.05, 4.69) is 4.99 Å². The SMILES string of the molecule is CCOC(=O)C(N)=CC(=NCc1ccccc1F)C(=O)OCC. The second-order valence-electron chi connectivity index (χ2n) is 4.33. The van der Waals surface area contributed by atoms with Gasteiger partial charge in [-0.05, 0) is 19.9 Å². The highest BCUT2D eigenvalue weighted by Crippen LogP contribution is 2.08. The Kier molecular flexibility index (Phi) is 7.45. The quantitative estimate of drug-likeness (QED) is 0.469. The number of aliphatic imine (C=N–C) groups is 1. The maximum atomic E-state index is 13.6. The summed E-state index contributed by atoms with van der Waals surface area (Å²) in [5.41, 5.74) is 5.40. The molecule has 0 radical (unpaired) electrons. The average molecular weight is 322 g/mol. The molecule has 2 N–H and O–H groups in total. The van der Waals surface area contributed by atoms with Gasteiger partial charge in [-0.15, -0.1) is 0 Å². The Hall–Kier alpha value is -2.70. The summed E-state index contributed by atoms with van der Waals surface area (Å²) in [6.45, 7) is 3.45. The number of halogens is 1. The van der Waals surface area contributed by atoms with Gasteiger partial charge in [0.1, 0.15) is 17.2 Å². The van der Waals surface area contributed by atoms with Crippen LogP contribution in [0.3, 0.4) is 0 Å². The zero-order valence-corrected chi connectivity index (χ0v) is 13.0. The van der Waals surface area contributed by atoms with Crippen molar-refractivity contribution < 1.29 is 23.5 Å². The monoisotopic (exact) mass is 322 g/mol. The Morgan fingerprint density at radius 2 is 1.78 bits per heavy atom. The Labute approximate surface area is 133 Å². The molecular weight excluding hydrogens is 303 g/mol. The first-order valence-corrected chi connectivity index (χ1v) is 7.08. The number of hydrogen-bond donors (Lipinski definition) is 1. The molecule has 0 aliphatic rings. The Bertz CT molecular complexity index is 626. The van der Waals surface area contributed by atoms with Gasteiger partial charge in [0.05, 0.1) is 19.8 Å². The van der Waals surface area contributed by atoms with Crippen molar-refractivity contribution in [2.45, 2.75) is 20.4 Å². The van der Waals surface area contributed by atoms with Crippen LogP contribution in [0.1, 0.15) is 19.4 Å². The van der Waals surface area contributed by atoms with Crippen LogP contribution in [0.25, 0.3) is 0 Å². The highest BCUT2D eigenvalue weighted by molar-refractivity contribution is 6.41. The third-order valence-electron chi connectivity index (χ3n) is 2.67. The number of rotatable bonds is 7. The second-order valence-corrected chi connectivity index (χ2v) is 4.33. The number of nitrogens with two attached hydrogens (primary N) is 1. The summed E-state index contributed by atoms with van der Waals surface area (Å²) in [4.78, 5) is 27.4. The van der Waals surface area contributed by atoms with Gasteiger partial charge in [-0.3, -0.25) is 4.99 Å². The number of hydrogen-bond acceptors (Lipinski definition) is 6. The van der Waals surface area contributed by atoms with E-state index in [1.165, 1.54) is 6.07 Å². The van der Waals surface area contributed by atoms with Gasteiger partial charge in [0.25, 0.3) is 0 Å². The van der Waals surface area contributed by atoms with Gasteiger partial charge in [-0.2, -0.15) is 0 Å². The smallest absolute Gasteiger partial charge is 0.356 e. The van der Waals surface area contributed by atoms with Crippen LogP contribution < -0.4 is 5.73 Å². The van der Waals surface area contributed by atoms with Gasteiger partial charge in [0.15, 0.2) is 0 Å². The largest absolute Gasteiger partial charge is 0.461 e. The van der Waals surface area contributed by atoms with E-state index in [0.29, 0.717) is 5.56 Å². The van der Waals surface area contributed by atoms with Gasteiger partial charge in [-0.1, -0.05) is 18.2 Å². The molecule has 0 heterocycles. The minimum atomic E-state index is -0.768. The van der Waals surface area contributed by atoms with Gasteiger partial charge < -0.3 is 15.2 Å². The van der Waals surface area contributed by atoms with Crippen LogP contribution in [-0.4, -0.2) is 30.9 Å². The fourth-order valence-corrected chi connectivity index (χ4v) is 1.59. The van der Waals surface area contributed by atoms with Crippen LogP contribution in [0.2, 0.25) is 0 Å². The molecule has 1 rings (SSSR count). The molecule has 1 aromatic rings. The van der Waals surface area contributed by atoms with Crippen LogP contribution >= 0.6 is 0 Å². The molecule has 0 amide bonds. The van der Waals surface area contributed by atoms with E-state index in [-0.39, 0.29) is 31.2 Å². The lowest BCUT2D eigenvalue weighted by Crippen LogP contribution is -2.21. The van der Waals surface area contributed by atoms with Crippen LogP contribution in [0, 0.1) is 5.82 Å². The molecule has 0 saturated carbocycles. The normalized spacial score (nSPS) is 12.0. The zero-order valence-electron chi connectivity index (χ0n) is 13.0. The molecule has 23 heavy (non-hydrogen) atoms. The van der Waals surface area contributed by atoms with Gasteiger partial charge >= 0.3 is 11.9 Å². The lowest BCUT2D eigenvalue weighted by molar-refractivity contribution is -0.138. The maximum absolute atomic E-state index is 13.6. The number of carbonyl (C=O) groups is 2. The number of nitrogens with zero attached hydrogens (tertiary/aromatic N) is 1. The number of carbonyl (C=O) groups excluding carboxylic acids is 2. The lowest BCUT2D eigenvalue weighted by atomic mass is 10.2. The van der Waals surface area contributed by atoms with E-state index in [9.17, 15) is 14.0 Å². The minimum absolute atomic E-state index is 0.0899. The first kappa shape index (κ1) is 18.3. The summed E-state index contributed by atoms with van der Waals surface area (Å²) in [6, 6.07) is 6.03. The van der Waals surface area contributed by atoms with Crippen LogP contribution in [0.15, 0.2) is 41.0 Å². The predicted molar refractivity (Wildman–Crippen MR) is 83.1 cm³/mol. The summed E-state index contributed by atoms with van der Waals surface area (Å²) >= 11 is 0. The molecule has 7 heteroatoms. The molecule has 0 aromatic heterocycles. The number of esters is 2. The van der Waals surface area contributed by atoms with Crippen LogP contribution in [-0.2, 0) is 25.6 Å². The molecule has 0 aliphatic heterocycles. The van der Waals surface area contributed by atoms with Crippen molar-refractivity contribution in [1.29, 1.82) is 0 Å². The molecule has 0 unspecified atom stereocenters. The van der Waals surface area contributed by atoms with E-state index < -0.39 is 17.8 Å². The fraction of sp³-hybridized carbons (Fsp3) is 0.312. The minimum Gasteiger partial charge on any atom is -0.461 e. The highest BCUT2D eigenvalue weighted by atomic mass is 19.1. The second kappa shape index (κ2) is 9.34. The number of benzene rings is 1. The molecule has 0 saturated heterocycles. The highest BCUT2D eigenvalue weighted by Gasteiger charge is 2.14. The van der Waals surface area contributed by atoms with E-state index in [4.69, 9.17) is 15.2 Å². The van der Waals surface area contributed by atoms with Crippen LogP contribution in [0.4, 0.5) is 4.39 Å². The average Bonchev–Trinajstić information content (AvgIpc) is 2.53. The van der Waals surface area contributed by atoms with Crippen molar-refractivity contribution in [2.24, 2.45) is 10.7 Å². The molecule has 6 nitrogen and oxygen atoms in total. The van der Waals surface area contributed by atoms with Crippen molar-refractivity contribution in [3.63, 3.8) is 0 Å². The molecular formula is C16H19FN2O4. The summed E-state index contributed by atoms with van der Waals surface area (Å²) in [5, 5.41) is 0. The standard InChI is InChI=1S/C16H19FN2O4/c1-3-22-15(20)13(18)9-14(16(21)23-4-2)19-10-11-7-5-6-8-12(11)17/h5-9H,3-4,10,18H2,1-2H3. The lowest BCUT2D eigenvalue weighted by Gasteiger charge is -2.05. The summed E-state index contributed by atoms with van der Waals surface area (Å²) in [6.07, 6.45) is 1.07. The topological polar surface area (TPSA) is 91.0 Å². The maximum Gasteiger partial charge on any atom is 0.356 e. The van der Waals surface area contributed by atoms with E-state index in [1.807, 2.05) is 0 Å². The summed E-state index contributed by atoms with van der Waals surface area (Å²) in [5.74, 6) is -1.96. The fourth-order valence-electron chi connectivity index (χ4n) is 1.59. The first-order chi connectivity index (χ1) is 11.0. The third-order valence-corrected chi connectivity index (χ3v) is 2.67. The summed E-state index contributed by atoms with van der Waals surface area (Å²) < 4.78 is 23.2. The van der Waals surface area contributed by atoms with Crippen molar-refractivity contribution in [1.82, 2.24) is 0 Å². The van der Waals surface area contributed by atoms with Crippen molar-refractivity contribution in [3.05, 3.63) is 47.4 Å². The van der Waals surface area contributed by atoms with Crippen molar-refractivity contribution in [2.75, 3.05) is 13.2 Å². The van der Waals surface area contributed by atoms with Gasteiger partial charge in [0, 0.05) is 11.6 Å². The number of ether oxygens (including phenoxy) is 2. The van der Waals surface area contributed by atoms with Crippen molar-refractivity contribution in [3.8, 4) is 0 Å². The predicted octanol–water partition coefficient (Wildman–Crippen LogP) is 1.74. The Morgan fingerprint density at radius 1 is 1.17 bits per heavy atom. The molecule has 0 spiro atoms. The molecule has 0 fully saturated rings. The van der Waals surface area contributed by atoms with E-state index in [1.54, 1.807) is 32.0 Å². The Balaban J connectivity index is 3.03. The van der Waals surface area contributed by atoms with Crippen LogP contribution in [0.5, 0.6) is 0 Å². The molecule has 124 valence electrons. The Morgan fingerprint density at radius 3 is 2.39 bits per heavy atom.